The van der Waals surface area contributed by atoms with E-state index in [1.165, 1.54) is 12.1 Å². The van der Waals surface area contributed by atoms with Crippen LogP contribution < -0.4 is 5.32 Å². The molecule has 1 rings (SSSR count). The normalized spacial score (nSPS) is 12.6. The number of hydrogen-bond acceptors (Lipinski definition) is 2. The fraction of sp³-hybridized carbons (Fsp3) is 0.417. The van der Waals surface area contributed by atoms with Crippen LogP contribution in [0.2, 0.25) is 0 Å². The van der Waals surface area contributed by atoms with E-state index in [0.29, 0.717) is 10.2 Å². The van der Waals surface area contributed by atoms with Crippen molar-refractivity contribution in [2.45, 2.75) is 26.4 Å². The number of halogens is 2. The van der Waals surface area contributed by atoms with Crippen LogP contribution in [0.4, 0.5) is 10.1 Å². The molecule has 0 aliphatic rings. The average Bonchev–Trinajstić information content (AvgIpc) is 2.14. The fourth-order valence-electron chi connectivity index (χ4n) is 1.26. The van der Waals surface area contributed by atoms with Crippen molar-refractivity contribution in [1.82, 2.24) is 0 Å². The van der Waals surface area contributed by atoms with Crippen molar-refractivity contribution in [2.75, 3.05) is 5.32 Å². The van der Waals surface area contributed by atoms with E-state index in [1.54, 1.807) is 6.07 Å². The summed E-state index contributed by atoms with van der Waals surface area (Å²) in [5.41, 5.74) is 0.373. The second-order valence-corrected chi connectivity index (χ2v) is 5.14. The third-order valence-electron chi connectivity index (χ3n) is 2.31. The molecule has 17 heavy (non-hydrogen) atoms. The third-order valence-corrected chi connectivity index (χ3v) is 2.77. The fourth-order valence-corrected chi connectivity index (χ4v) is 1.73. The summed E-state index contributed by atoms with van der Waals surface area (Å²) >= 11 is 3.14. The Kier molecular flexibility index (Phi) is 5.08. The van der Waals surface area contributed by atoms with E-state index in [0.717, 1.165) is 0 Å². The number of nitrogens with one attached hydrogen (secondary N) is 1. The summed E-state index contributed by atoms with van der Waals surface area (Å²) in [6.45, 7) is 3.66. The molecule has 1 atom stereocenters. The quantitative estimate of drug-likeness (QED) is 0.898. The van der Waals surface area contributed by atoms with Gasteiger partial charge in [0.25, 0.3) is 0 Å². The average molecular weight is 304 g/mol. The number of carbonyl (C=O) groups excluding carboxylic acids is 1. The highest BCUT2D eigenvalue weighted by Gasteiger charge is 2.14. The number of rotatable bonds is 4. The molecule has 2 N–H and O–H groups in total. The Morgan fingerprint density at radius 3 is 2.65 bits per heavy atom. The molecular weight excluding hydrogens is 289 g/mol. The van der Waals surface area contributed by atoms with Gasteiger partial charge in [0.1, 0.15) is 5.82 Å². The van der Waals surface area contributed by atoms with Gasteiger partial charge in [-0.25, -0.2) is 4.39 Å². The summed E-state index contributed by atoms with van der Waals surface area (Å²) in [7, 11) is 0. The van der Waals surface area contributed by atoms with Gasteiger partial charge in [-0.3, -0.25) is 4.79 Å². The van der Waals surface area contributed by atoms with E-state index >= 15 is 0 Å². The van der Waals surface area contributed by atoms with Gasteiger partial charge < -0.3 is 10.4 Å². The SMILES string of the molecule is CC(C)C(O)CC(=O)Nc1cc(F)cc(Br)c1. The van der Waals surface area contributed by atoms with Crippen molar-refractivity contribution in [1.29, 1.82) is 0 Å². The molecule has 0 fully saturated rings. The van der Waals surface area contributed by atoms with Gasteiger partial charge in [-0.2, -0.15) is 0 Å². The van der Waals surface area contributed by atoms with Crippen LogP contribution in [0, 0.1) is 11.7 Å². The van der Waals surface area contributed by atoms with Gasteiger partial charge in [0.2, 0.25) is 5.91 Å². The summed E-state index contributed by atoms with van der Waals surface area (Å²) in [5.74, 6) is -0.747. The van der Waals surface area contributed by atoms with E-state index in [-0.39, 0.29) is 18.2 Å². The van der Waals surface area contributed by atoms with E-state index in [4.69, 9.17) is 0 Å². The molecule has 0 saturated carbocycles. The summed E-state index contributed by atoms with van der Waals surface area (Å²) in [6.07, 6.45) is -0.682. The summed E-state index contributed by atoms with van der Waals surface area (Å²) in [4.78, 5) is 11.5. The molecule has 1 aromatic rings. The standard InChI is InChI=1S/C12H15BrFNO2/c1-7(2)11(16)6-12(17)15-10-4-8(13)3-9(14)5-10/h3-5,7,11,16H,6H2,1-2H3,(H,15,17). The van der Waals surface area contributed by atoms with Crippen LogP contribution in [0.1, 0.15) is 20.3 Å². The minimum absolute atomic E-state index is 0.00575. The van der Waals surface area contributed by atoms with Crippen molar-refractivity contribution >= 4 is 27.5 Å². The second kappa shape index (κ2) is 6.12. The first-order valence-electron chi connectivity index (χ1n) is 5.32. The maximum atomic E-state index is 13.0. The van der Waals surface area contributed by atoms with Gasteiger partial charge in [0.05, 0.1) is 12.5 Å². The Morgan fingerprint density at radius 1 is 1.47 bits per heavy atom. The monoisotopic (exact) mass is 303 g/mol. The number of anilines is 1. The first-order chi connectivity index (χ1) is 7.88. The Morgan fingerprint density at radius 2 is 2.12 bits per heavy atom. The van der Waals surface area contributed by atoms with E-state index in [1.807, 2.05) is 13.8 Å². The van der Waals surface area contributed by atoms with Crippen LogP contribution in [-0.2, 0) is 4.79 Å². The minimum atomic E-state index is -0.688. The van der Waals surface area contributed by atoms with Crippen LogP contribution in [-0.4, -0.2) is 17.1 Å². The van der Waals surface area contributed by atoms with E-state index < -0.39 is 11.9 Å². The lowest BCUT2D eigenvalue weighted by Crippen LogP contribution is -2.23. The number of hydrogen-bond donors (Lipinski definition) is 2. The van der Waals surface area contributed by atoms with Crippen molar-refractivity contribution < 1.29 is 14.3 Å². The van der Waals surface area contributed by atoms with E-state index in [2.05, 4.69) is 21.2 Å². The molecule has 1 unspecified atom stereocenters. The van der Waals surface area contributed by atoms with Gasteiger partial charge >= 0.3 is 0 Å². The van der Waals surface area contributed by atoms with Crippen LogP contribution in [0.25, 0.3) is 0 Å². The van der Waals surface area contributed by atoms with Gasteiger partial charge in [-0.15, -0.1) is 0 Å². The third kappa shape index (κ3) is 4.83. The molecule has 1 amide bonds. The molecule has 5 heteroatoms. The summed E-state index contributed by atoms with van der Waals surface area (Å²) in [5, 5.41) is 12.1. The van der Waals surface area contributed by atoms with Crippen LogP contribution in [0.15, 0.2) is 22.7 Å². The van der Waals surface area contributed by atoms with Crippen molar-refractivity contribution in [2.24, 2.45) is 5.92 Å². The second-order valence-electron chi connectivity index (χ2n) is 4.22. The number of aliphatic hydroxyl groups is 1. The molecule has 0 heterocycles. The van der Waals surface area contributed by atoms with Crippen LogP contribution in [0.5, 0.6) is 0 Å². The van der Waals surface area contributed by atoms with Gasteiger partial charge in [-0.1, -0.05) is 29.8 Å². The highest BCUT2D eigenvalue weighted by atomic mass is 79.9. The number of aliphatic hydroxyl groups excluding tert-OH is 1. The number of amides is 1. The highest BCUT2D eigenvalue weighted by Crippen LogP contribution is 2.19. The van der Waals surface area contributed by atoms with E-state index in [9.17, 15) is 14.3 Å². The zero-order chi connectivity index (χ0) is 13.0. The summed E-state index contributed by atoms with van der Waals surface area (Å²) in [6, 6.07) is 4.13. The van der Waals surface area contributed by atoms with Crippen molar-refractivity contribution in [3.8, 4) is 0 Å². The Balaban J connectivity index is 2.62. The van der Waals surface area contributed by atoms with Gasteiger partial charge in [0.15, 0.2) is 0 Å². The Hall–Kier alpha value is -0.940. The number of benzene rings is 1. The first-order valence-corrected chi connectivity index (χ1v) is 6.12. The predicted octanol–water partition coefficient (Wildman–Crippen LogP) is 2.93. The molecule has 0 saturated heterocycles. The topological polar surface area (TPSA) is 49.3 Å². The molecule has 94 valence electrons. The van der Waals surface area contributed by atoms with Gasteiger partial charge in [0, 0.05) is 10.2 Å². The largest absolute Gasteiger partial charge is 0.392 e. The lowest BCUT2D eigenvalue weighted by atomic mass is 10.0. The molecule has 0 radical (unpaired) electrons. The van der Waals surface area contributed by atoms with Gasteiger partial charge in [-0.05, 0) is 24.1 Å². The minimum Gasteiger partial charge on any atom is -0.392 e. The lowest BCUT2D eigenvalue weighted by Gasteiger charge is -2.14. The maximum Gasteiger partial charge on any atom is 0.226 e. The zero-order valence-corrected chi connectivity index (χ0v) is 11.3. The first kappa shape index (κ1) is 14.1. The van der Waals surface area contributed by atoms with Crippen LogP contribution >= 0.6 is 15.9 Å². The molecule has 1 aromatic carbocycles. The predicted molar refractivity (Wildman–Crippen MR) is 68.2 cm³/mol. The molecule has 0 aliphatic heterocycles. The van der Waals surface area contributed by atoms with Crippen molar-refractivity contribution in [3.05, 3.63) is 28.5 Å². The lowest BCUT2D eigenvalue weighted by molar-refractivity contribution is -0.118. The zero-order valence-electron chi connectivity index (χ0n) is 9.71. The molecule has 0 aliphatic carbocycles. The highest BCUT2D eigenvalue weighted by molar-refractivity contribution is 9.10. The molecule has 0 bridgehead atoms. The number of carbonyl (C=O) groups is 1. The molecule has 0 spiro atoms. The molecule has 3 nitrogen and oxygen atoms in total. The van der Waals surface area contributed by atoms with Crippen molar-refractivity contribution in [3.63, 3.8) is 0 Å². The maximum absolute atomic E-state index is 13.0. The smallest absolute Gasteiger partial charge is 0.226 e. The summed E-state index contributed by atoms with van der Waals surface area (Å²) < 4.78 is 13.6. The van der Waals surface area contributed by atoms with Crippen LogP contribution in [0.3, 0.4) is 0 Å². The Bertz CT molecular complexity index is 389. The molecular formula is C12H15BrFNO2. The Labute approximate surface area is 108 Å². The molecule has 0 aromatic heterocycles.